The maximum absolute atomic E-state index is 12.3. The number of nitrogens with zero attached hydrogens (tertiary/aromatic N) is 2. The van der Waals surface area contributed by atoms with Gasteiger partial charge in [0.25, 0.3) is 5.91 Å². The van der Waals surface area contributed by atoms with E-state index in [0.29, 0.717) is 28.8 Å². The number of hydrogen-bond acceptors (Lipinski definition) is 7. The van der Waals surface area contributed by atoms with E-state index in [9.17, 15) is 4.79 Å². The number of carbonyl (C=O) groups excluding carboxylic acids is 1. The van der Waals surface area contributed by atoms with Gasteiger partial charge in [-0.2, -0.15) is 0 Å². The van der Waals surface area contributed by atoms with E-state index < -0.39 is 0 Å². The number of benzene rings is 2. The summed E-state index contributed by atoms with van der Waals surface area (Å²) in [7, 11) is 4.73. The van der Waals surface area contributed by atoms with Crippen LogP contribution in [0.1, 0.15) is 10.5 Å². The van der Waals surface area contributed by atoms with Crippen molar-refractivity contribution in [2.24, 2.45) is 0 Å². The molecule has 8 heteroatoms. The Labute approximate surface area is 162 Å². The van der Waals surface area contributed by atoms with Crippen molar-refractivity contribution in [3.63, 3.8) is 0 Å². The lowest BCUT2D eigenvalue weighted by Gasteiger charge is -2.11. The highest BCUT2D eigenvalue weighted by atomic mass is 16.5. The molecule has 0 bridgehead atoms. The van der Waals surface area contributed by atoms with Crippen LogP contribution in [-0.2, 0) is 0 Å². The number of rotatable bonds is 7. The van der Waals surface area contributed by atoms with E-state index in [2.05, 4.69) is 20.6 Å². The minimum Gasteiger partial charge on any atom is -0.497 e. The first-order valence-electron chi connectivity index (χ1n) is 8.39. The predicted octanol–water partition coefficient (Wildman–Crippen LogP) is 3.50. The highest BCUT2D eigenvalue weighted by Gasteiger charge is 2.10. The molecule has 0 atom stereocenters. The summed E-state index contributed by atoms with van der Waals surface area (Å²) in [4.78, 5) is 20.7. The molecule has 1 heterocycles. The minimum absolute atomic E-state index is 0.202. The summed E-state index contributed by atoms with van der Waals surface area (Å²) in [6.45, 7) is 0. The number of nitrogens with one attached hydrogen (secondary N) is 2. The topological polar surface area (TPSA) is 94.6 Å². The van der Waals surface area contributed by atoms with Gasteiger partial charge in [-0.1, -0.05) is 0 Å². The molecule has 28 heavy (non-hydrogen) atoms. The Morgan fingerprint density at radius 3 is 2.14 bits per heavy atom. The van der Waals surface area contributed by atoms with Crippen molar-refractivity contribution < 1.29 is 19.0 Å². The van der Waals surface area contributed by atoms with Crippen LogP contribution in [0.15, 0.2) is 54.9 Å². The van der Waals surface area contributed by atoms with Crippen LogP contribution in [0.5, 0.6) is 17.2 Å². The molecule has 3 rings (SSSR count). The van der Waals surface area contributed by atoms with Gasteiger partial charge in [0.15, 0.2) is 11.5 Å². The molecule has 0 radical (unpaired) electrons. The van der Waals surface area contributed by atoms with E-state index in [-0.39, 0.29) is 11.6 Å². The molecule has 0 unspecified atom stereocenters. The first kappa shape index (κ1) is 19.0. The van der Waals surface area contributed by atoms with Gasteiger partial charge in [0.2, 0.25) is 0 Å². The molecular formula is C20H20N4O4. The Kier molecular flexibility index (Phi) is 5.91. The zero-order chi connectivity index (χ0) is 19.9. The fourth-order valence-corrected chi connectivity index (χ4v) is 2.44. The van der Waals surface area contributed by atoms with Crippen LogP contribution >= 0.6 is 0 Å². The van der Waals surface area contributed by atoms with Gasteiger partial charge in [-0.25, -0.2) is 9.97 Å². The van der Waals surface area contributed by atoms with E-state index in [0.717, 1.165) is 5.69 Å². The molecule has 0 spiro atoms. The van der Waals surface area contributed by atoms with Crippen LogP contribution < -0.4 is 24.8 Å². The normalized spacial score (nSPS) is 10.1. The average molecular weight is 380 g/mol. The molecule has 2 N–H and O–H groups in total. The van der Waals surface area contributed by atoms with Gasteiger partial charge in [-0.3, -0.25) is 4.79 Å². The third-order valence-corrected chi connectivity index (χ3v) is 3.89. The third-order valence-electron chi connectivity index (χ3n) is 3.89. The van der Waals surface area contributed by atoms with E-state index in [4.69, 9.17) is 14.2 Å². The van der Waals surface area contributed by atoms with Crippen LogP contribution in [0.4, 0.5) is 17.2 Å². The summed E-state index contributed by atoms with van der Waals surface area (Å²) in [5.41, 5.74) is 1.59. The zero-order valence-corrected chi connectivity index (χ0v) is 15.7. The molecule has 8 nitrogen and oxygen atoms in total. The number of anilines is 3. The smallest absolute Gasteiger partial charge is 0.275 e. The van der Waals surface area contributed by atoms with E-state index in [1.54, 1.807) is 57.7 Å². The molecule has 144 valence electrons. The van der Waals surface area contributed by atoms with Gasteiger partial charge in [0.05, 0.1) is 33.7 Å². The van der Waals surface area contributed by atoms with Crippen LogP contribution in [0, 0.1) is 0 Å². The summed E-state index contributed by atoms with van der Waals surface area (Å²) in [6.07, 6.45) is 2.89. The van der Waals surface area contributed by atoms with Gasteiger partial charge in [-0.05, 0) is 36.4 Å². The van der Waals surface area contributed by atoms with Crippen molar-refractivity contribution >= 4 is 23.1 Å². The maximum atomic E-state index is 12.3. The first-order chi connectivity index (χ1) is 13.6. The van der Waals surface area contributed by atoms with Crippen molar-refractivity contribution in [2.45, 2.75) is 0 Å². The fourth-order valence-electron chi connectivity index (χ4n) is 2.44. The van der Waals surface area contributed by atoms with Gasteiger partial charge >= 0.3 is 0 Å². The molecule has 0 saturated carbocycles. The van der Waals surface area contributed by atoms with Gasteiger partial charge in [0.1, 0.15) is 17.3 Å². The Morgan fingerprint density at radius 2 is 1.54 bits per heavy atom. The number of ether oxygens (including phenoxy) is 3. The largest absolute Gasteiger partial charge is 0.497 e. The molecule has 3 aromatic rings. The highest BCUT2D eigenvalue weighted by Crippen LogP contribution is 2.30. The molecule has 0 aliphatic carbocycles. The highest BCUT2D eigenvalue weighted by molar-refractivity contribution is 6.02. The van der Waals surface area contributed by atoms with Crippen molar-refractivity contribution in [2.75, 3.05) is 32.0 Å². The maximum Gasteiger partial charge on any atom is 0.275 e. The summed E-state index contributed by atoms with van der Waals surface area (Å²) in [5, 5.41) is 5.86. The quantitative estimate of drug-likeness (QED) is 0.648. The molecule has 1 aromatic heterocycles. The zero-order valence-electron chi connectivity index (χ0n) is 15.7. The minimum atomic E-state index is -0.352. The molecule has 0 aliphatic heterocycles. The van der Waals surface area contributed by atoms with Crippen LogP contribution in [-0.4, -0.2) is 37.2 Å². The summed E-state index contributed by atoms with van der Waals surface area (Å²) < 4.78 is 15.6. The summed E-state index contributed by atoms with van der Waals surface area (Å²) in [5.74, 6) is 2.08. The van der Waals surface area contributed by atoms with Crippen molar-refractivity contribution in [3.05, 3.63) is 60.6 Å². The molecule has 1 amide bonds. The second-order valence-electron chi connectivity index (χ2n) is 5.66. The van der Waals surface area contributed by atoms with Gasteiger partial charge < -0.3 is 24.8 Å². The van der Waals surface area contributed by atoms with Gasteiger partial charge in [-0.15, -0.1) is 0 Å². The lowest BCUT2D eigenvalue weighted by atomic mass is 10.2. The lowest BCUT2D eigenvalue weighted by molar-refractivity contribution is 0.102. The number of methoxy groups -OCH3 is 3. The number of carbonyl (C=O) groups is 1. The van der Waals surface area contributed by atoms with Crippen LogP contribution in [0.2, 0.25) is 0 Å². The second kappa shape index (κ2) is 8.72. The summed E-state index contributed by atoms with van der Waals surface area (Å²) in [6, 6.07) is 12.4. The Hall–Kier alpha value is -3.81. The van der Waals surface area contributed by atoms with Crippen molar-refractivity contribution in [1.82, 2.24) is 9.97 Å². The monoisotopic (exact) mass is 380 g/mol. The lowest BCUT2D eigenvalue weighted by Crippen LogP contribution is -2.14. The van der Waals surface area contributed by atoms with E-state index in [1.165, 1.54) is 12.4 Å². The Bertz CT molecular complexity index is 943. The number of hydrogen-bond donors (Lipinski definition) is 2. The van der Waals surface area contributed by atoms with E-state index in [1.807, 2.05) is 6.07 Å². The molecule has 0 saturated heterocycles. The SMILES string of the molecule is COc1ccc(NC(=O)c2cnc(Nc3ccc(OC)c(OC)c3)cn2)cc1. The fraction of sp³-hybridized carbons (Fsp3) is 0.150. The number of aromatic nitrogens is 2. The van der Waals surface area contributed by atoms with Crippen molar-refractivity contribution in [3.8, 4) is 17.2 Å². The Morgan fingerprint density at radius 1 is 0.821 bits per heavy atom. The van der Waals surface area contributed by atoms with Gasteiger partial charge in [0, 0.05) is 17.4 Å². The molecular weight excluding hydrogens is 360 g/mol. The second-order valence-corrected chi connectivity index (χ2v) is 5.66. The third kappa shape index (κ3) is 4.47. The standard InChI is InChI=1S/C20H20N4O4/c1-26-15-7-4-13(5-8-15)24-20(25)16-11-22-19(12-21-16)23-14-6-9-17(27-2)18(10-14)28-3/h4-12H,1-3H3,(H,22,23)(H,24,25). The average Bonchev–Trinajstić information content (AvgIpc) is 2.74. The van der Waals surface area contributed by atoms with Crippen molar-refractivity contribution in [1.29, 1.82) is 0 Å². The molecule has 0 fully saturated rings. The van der Waals surface area contributed by atoms with Crippen LogP contribution in [0.25, 0.3) is 0 Å². The molecule has 2 aromatic carbocycles. The predicted molar refractivity (Wildman–Crippen MR) is 106 cm³/mol. The first-order valence-corrected chi connectivity index (χ1v) is 8.39. The Balaban J connectivity index is 1.66. The van der Waals surface area contributed by atoms with E-state index >= 15 is 0 Å². The molecule has 0 aliphatic rings. The summed E-state index contributed by atoms with van der Waals surface area (Å²) >= 11 is 0. The number of amides is 1. The van der Waals surface area contributed by atoms with Crippen LogP contribution in [0.3, 0.4) is 0 Å².